The van der Waals surface area contributed by atoms with E-state index >= 15 is 0 Å². The van der Waals surface area contributed by atoms with Crippen LogP contribution in [0.2, 0.25) is 0 Å². The Morgan fingerprint density at radius 2 is 2.57 bits per heavy atom. The Morgan fingerprint density at radius 3 is 3.21 bits per heavy atom. The number of nitrogens with zero attached hydrogens (tertiary/aromatic N) is 2. The Hall–Kier alpha value is -0.450. The van der Waals surface area contributed by atoms with Crippen LogP contribution in [0.1, 0.15) is 23.4 Å². The van der Waals surface area contributed by atoms with Crippen molar-refractivity contribution in [3.05, 3.63) is 16.1 Å². The van der Waals surface area contributed by atoms with Crippen molar-refractivity contribution in [3.63, 3.8) is 0 Å². The molecular formula is C10H17N3S. The fourth-order valence-electron chi connectivity index (χ4n) is 1.92. The van der Waals surface area contributed by atoms with Gasteiger partial charge in [-0.15, -0.1) is 11.3 Å². The molecule has 78 valence electrons. The zero-order valence-corrected chi connectivity index (χ0v) is 9.39. The minimum atomic E-state index is 0.372. The van der Waals surface area contributed by atoms with Gasteiger partial charge in [-0.25, -0.2) is 4.98 Å². The average Bonchev–Trinajstić information content (AvgIpc) is 2.52. The third-order valence-electron chi connectivity index (χ3n) is 2.75. The molecule has 0 radical (unpaired) electrons. The van der Waals surface area contributed by atoms with Crippen molar-refractivity contribution in [1.29, 1.82) is 0 Å². The van der Waals surface area contributed by atoms with Crippen molar-refractivity contribution in [2.45, 2.75) is 32.4 Å². The molecule has 0 aliphatic carbocycles. The van der Waals surface area contributed by atoms with Crippen LogP contribution in [0.4, 0.5) is 0 Å². The Labute approximate surface area is 88.9 Å². The molecular weight excluding hydrogens is 194 g/mol. The summed E-state index contributed by atoms with van der Waals surface area (Å²) in [5, 5.41) is 0. The van der Waals surface area contributed by atoms with Crippen molar-refractivity contribution in [3.8, 4) is 0 Å². The topological polar surface area (TPSA) is 42.2 Å². The molecule has 1 atom stereocenters. The highest BCUT2D eigenvalue weighted by molar-refractivity contribution is 7.09. The highest BCUT2D eigenvalue weighted by Crippen LogP contribution is 2.17. The number of rotatable bonds is 2. The van der Waals surface area contributed by atoms with E-state index in [0.29, 0.717) is 6.04 Å². The van der Waals surface area contributed by atoms with E-state index in [1.54, 1.807) is 11.3 Å². The molecule has 3 nitrogen and oxygen atoms in total. The third-order valence-corrected chi connectivity index (χ3v) is 3.67. The molecule has 2 heterocycles. The smallest absolute Gasteiger partial charge is 0.0798 e. The zero-order chi connectivity index (χ0) is 9.97. The molecule has 1 unspecified atom stereocenters. The molecule has 0 spiro atoms. The fourth-order valence-corrected chi connectivity index (χ4v) is 2.73. The van der Waals surface area contributed by atoms with Crippen molar-refractivity contribution in [2.24, 2.45) is 5.73 Å². The molecule has 0 saturated carbocycles. The second-order valence-corrected chi connectivity index (χ2v) is 4.94. The van der Waals surface area contributed by atoms with E-state index in [-0.39, 0.29) is 0 Å². The van der Waals surface area contributed by atoms with E-state index in [2.05, 4.69) is 16.8 Å². The summed E-state index contributed by atoms with van der Waals surface area (Å²) in [6, 6.07) is 0.372. The quantitative estimate of drug-likeness (QED) is 0.803. The normalized spacial score (nSPS) is 24.0. The molecule has 4 heteroatoms. The molecule has 1 aliphatic rings. The second-order valence-electron chi connectivity index (χ2n) is 4.00. The molecule has 1 aromatic heterocycles. The van der Waals surface area contributed by atoms with Crippen LogP contribution >= 0.6 is 11.3 Å². The minimum absolute atomic E-state index is 0.372. The summed E-state index contributed by atoms with van der Waals surface area (Å²) >= 11 is 1.75. The number of hydrogen-bond donors (Lipinski definition) is 1. The summed E-state index contributed by atoms with van der Waals surface area (Å²) in [7, 11) is 0. The largest absolute Gasteiger partial charge is 0.327 e. The molecule has 0 amide bonds. The Morgan fingerprint density at radius 1 is 1.71 bits per heavy atom. The van der Waals surface area contributed by atoms with E-state index < -0.39 is 0 Å². The number of thiazole rings is 1. The standard InChI is InChI=1S/C10H17N3S/c1-8-10(14-7-12-8)6-13-4-2-3-9(11)5-13/h7,9H,2-6,11H2,1H3. The van der Waals surface area contributed by atoms with E-state index in [1.807, 2.05) is 5.51 Å². The Balaban J connectivity index is 1.94. The van der Waals surface area contributed by atoms with Gasteiger partial charge < -0.3 is 5.73 Å². The first kappa shape index (κ1) is 10.1. The fraction of sp³-hybridized carbons (Fsp3) is 0.700. The lowest BCUT2D eigenvalue weighted by Crippen LogP contribution is -2.42. The maximum atomic E-state index is 5.94. The number of aryl methyl sites for hydroxylation is 1. The second kappa shape index (κ2) is 4.38. The summed E-state index contributed by atoms with van der Waals surface area (Å²) in [5.41, 5.74) is 9.04. The van der Waals surface area contributed by atoms with Gasteiger partial charge in [-0.2, -0.15) is 0 Å². The van der Waals surface area contributed by atoms with Crippen LogP contribution in [0.25, 0.3) is 0 Å². The van der Waals surface area contributed by atoms with E-state index in [1.165, 1.54) is 30.0 Å². The number of likely N-dealkylation sites (tertiary alicyclic amines) is 1. The van der Waals surface area contributed by atoms with Crippen LogP contribution in [0.15, 0.2) is 5.51 Å². The number of nitrogens with two attached hydrogens (primary N) is 1. The highest BCUT2D eigenvalue weighted by atomic mass is 32.1. The van der Waals surface area contributed by atoms with Gasteiger partial charge in [0.2, 0.25) is 0 Å². The van der Waals surface area contributed by atoms with Gasteiger partial charge in [0.15, 0.2) is 0 Å². The van der Waals surface area contributed by atoms with Crippen LogP contribution in [0.3, 0.4) is 0 Å². The summed E-state index contributed by atoms with van der Waals surface area (Å²) < 4.78 is 0. The maximum Gasteiger partial charge on any atom is 0.0798 e. The summed E-state index contributed by atoms with van der Waals surface area (Å²) in [6.07, 6.45) is 2.41. The average molecular weight is 211 g/mol. The summed E-state index contributed by atoms with van der Waals surface area (Å²) in [4.78, 5) is 8.09. The monoisotopic (exact) mass is 211 g/mol. The molecule has 1 fully saturated rings. The van der Waals surface area contributed by atoms with Crippen LogP contribution in [0, 0.1) is 6.92 Å². The Bertz CT molecular complexity index is 297. The minimum Gasteiger partial charge on any atom is -0.327 e. The lowest BCUT2D eigenvalue weighted by Gasteiger charge is -2.30. The SMILES string of the molecule is Cc1ncsc1CN1CCCC(N)C1. The molecule has 2 N–H and O–H groups in total. The van der Waals surface area contributed by atoms with Gasteiger partial charge in [-0.3, -0.25) is 4.90 Å². The number of hydrogen-bond acceptors (Lipinski definition) is 4. The van der Waals surface area contributed by atoms with E-state index in [0.717, 1.165) is 13.1 Å². The van der Waals surface area contributed by atoms with Crippen LogP contribution in [-0.2, 0) is 6.54 Å². The van der Waals surface area contributed by atoms with Gasteiger partial charge in [-0.05, 0) is 26.3 Å². The number of aromatic nitrogens is 1. The molecule has 1 aromatic rings. The summed E-state index contributed by atoms with van der Waals surface area (Å²) in [6.45, 7) is 5.34. The van der Waals surface area contributed by atoms with Crippen molar-refractivity contribution < 1.29 is 0 Å². The maximum absolute atomic E-state index is 5.94. The van der Waals surface area contributed by atoms with Gasteiger partial charge in [0.1, 0.15) is 0 Å². The molecule has 2 rings (SSSR count). The van der Waals surface area contributed by atoms with Crippen LogP contribution < -0.4 is 5.73 Å². The number of piperidine rings is 1. The predicted octanol–water partition coefficient (Wildman–Crippen LogP) is 1.37. The van der Waals surface area contributed by atoms with E-state index in [9.17, 15) is 0 Å². The molecule has 0 aromatic carbocycles. The first-order chi connectivity index (χ1) is 6.75. The third kappa shape index (κ3) is 2.32. The van der Waals surface area contributed by atoms with Gasteiger partial charge >= 0.3 is 0 Å². The lowest BCUT2D eigenvalue weighted by molar-refractivity contribution is 0.202. The van der Waals surface area contributed by atoms with Gasteiger partial charge in [0, 0.05) is 24.0 Å². The van der Waals surface area contributed by atoms with Crippen molar-refractivity contribution in [1.82, 2.24) is 9.88 Å². The zero-order valence-electron chi connectivity index (χ0n) is 8.57. The highest BCUT2D eigenvalue weighted by Gasteiger charge is 2.17. The van der Waals surface area contributed by atoms with Gasteiger partial charge in [0.05, 0.1) is 11.2 Å². The molecule has 1 aliphatic heterocycles. The van der Waals surface area contributed by atoms with Crippen molar-refractivity contribution >= 4 is 11.3 Å². The first-order valence-corrected chi connectivity index (χ1v) is 6.00. The molecule has 1 saturated heterocycles. The lowest BCUT2D eigenvalue weighted by atomic mass is 10.1. The van der Waals surface area contributed by atoms with Crippen LogP contribution in [-0.4, -0.2) is 29.0 Å². The van der Waals surface area contributed by atoms with Gasteiger partial charge in [0.25, 0.3) is 0 Å². The van der Waals surface area contributed by atoms with Crippen LogP contribution in [0.5, 0.6) is 0 Å². The van der Waals surface area contributed by atoms with Gasteiger partial charge in [-0.1, -0.05) is 0 Å². The predicted molar refractivity (Wildman–Crippen MR) is 59.3 cm³/mol. The summed E-state index contributed by atoms with van der Waals surface area (Å²) in [5.74, 6) is 0. The molecule has 0 bridgehead atoms. The van der Waals surface area contributed by atoms with Crippen molar-refractivity contribution in [2.75, 3.05) is 13.1 Å². The molecule has 14 heavy (non-hydrogen) atoms. The van der Waals surface area contributed by atoms with E-state index in [4.69, 9.17) is 5.73 Å². The Kier molecular flexibility index (Phi) is 3.15. The first-order valence-electron chi connectivity index (χ1n) is 5.12.